The number of likely N-dealkylation sites (N-methyl/N-ethyl adjacent to an activating group) is 1. The molecule has 8 nitrogen and oxygen atoms in total. The van der Waals surface area contributed by atoms with Crippen LogP contribution >= 0.6 is 0 Å². The minimum absolute atomic E-state index is 0.0853. The summed E-state index contributed by atoms with van der Waals surface area (Å²) in [5.74, 6) is -0.295. The van der Waals surface area contributed by atoms with E-state index in [0.29, 0.717) is 19.4 Å². The zero-order chi connectivity index (χ0) is 19.2. The standard InChI is InChI=1S/C19H23N5O3/c1-22-14-18(26)23(19(22)27)11-5-8-17(25)20-10-9-15-12-21-24(13-15)16-6-3-2-4-7-16/h2-4,6-7,12-13H,5,8-11,14H2,1H3,(H,20,25). The maximum atomic E-state index is 11.9. The van der Waals surface area contributed by atoms with Crippen LogP contribution in [0.4, 0.5) is 4.79 Å². The van der Waals surface area contributed by atoms with Gasteiger partial charge in [0.2, 0.25) is 11.8 Å². The lowest BCUT2D eigenvalue weighted by molar-refractivity contribution is -0.126. The van der Waals surface area contributed by atoms with Gasteiger partial charge >= 0.3 is 6.03 Å². The van der Waals surface area contributed by atoms with Crippen molar-refractivity contribution in [3.05, 3.63) is 48.3 Å². The molecule has 3 rings (SSSR count). The number of para-hydroxylation sites is 1. The third-order valence-corrected chi connectivity index (χ3v) is 4.41. The lowest BCUT2D eigenvalue weighted by Crippen LogP contribution is -2.33. The summed E-state index contributed by atoms with van der Waals surface area (Å²) in [6.07, 6.45) is 5.17. The molecular formula is C19H23N5O3. The zero-order valence-electron chi connectivity index (χ0n) is 15.3. The molecule has 0 saturated carbocycles. The molecule has 27 heavy (non-hydrogen) atoms. The van der Waals surface area contributed by atoms with Crippen LogP contribution in [0.15, 0.2) is 42.7 Å². The van der Waals surface area contributed by atoms with E-state index in [9.17, 15) is 14.4 Å². The molecule has 8 heteroatoms. The highest BCUT2D eigenvalue weighted by Crippen LogP contribution is 2.09. The van der Waals surface area contributed by atoms with Gasteiger partial charge < -0.3 is 10.2 Å². The van der Waals surface area contributed by atoms with Crippen LogP contribution in [0, 0.1) is 0 Å². The van der Waals surface area contributed by atoms with Crippen molar-refractivity contribution in [3.8, 4) is 5.69 Å². The molecule has 0 unspecified atom stereocenters. The molecule has 4 amide bonds. The van der Waals surface area contributed by atoms with Crippen LogP contribution in [0.1, 0.15) is 18.4 Å². The van der Waals surface area contributed by atoms with Crippen LogP contribution in [-0.2, 0) is 16.0 Å². The van der Waals surface area contributed by atoms with Gasteiger partial charge in [-0.2, -0.15) is 5.10 Å². The molecule has 142 valence electrons. The van der Waals surface area contributed by atoms with Gasteiger partial charge in [-0.15, -0.1) is 0 Å². The van der Waals surface area contributed by atoms with Crippen LogP contribution in [-0.4, -0.2) is 64.1 Å². The lowest BCUT2D eigenvalue weighted by atomic mass is 10.2. The van der Waals surface area contributed by atoms with Crippen LogP contribution in [0.3, 0.4) is 0 Å². The fraction of sp³-hybridized carbons (Fsp3) is 0.368. The second-order valence-corrected chi connectivity index (χ2v) is 6.52. The second kappa shape index (κ2) is 8.48. The number of nitrogens with zero attached hydrogens (tertiary/aromatic N) is 4. The smallest absolute Gasteiger partial charge is 0.326 e. The maximum Gasteiger partial charge on any atom is 0.326 e. The summed E-state index contributed by atoms with van der Waals surface area (Å²) in [6.45, 7) is 0.907. The summed E-state index contributed by atoms with van der Waals surface area (Å²) >= 11 is 0. The van der Waals surface area contributed by atoms with Crippen molar-refractivity contribution in [2.45, 2.75) is 19.3 Å². The number of hydrogen-bond donors (Lipinski definition) is 1. The Morgan fingerprint density at radius 3 is 2.70 bits per heavy atom. The van der Waals surface area contributed by atoms with E-state index in [4.69, 9.17) is 0 Å². The molecule has 1 saturated heterocycles. The molecule has 1 fully saturated rings. The number of aromatic nitrogens is 2. The monoisotopic (exact) mass is 369 g/mol. The van der Waals surface area contributed by atoms with Crippen molar-refractivity contribution >= 4 is 17.8 Å². The number of hydrogen-bond acceptors (Lipinski definition) is 4. The third kappa shape index (κ3) is 4.72. The number of amides is 4. The van der Waals surface area contributed by atoms with Crippen molar-refractivity contribution < 1.29 is 14.4 Å². The first-order chi connectivity index (χ1) is 13.0. The molecule has 0 aliphatic carbocycles. The van der Waals surface area contributed by atoms with Gasteiger partial charge in [0, 0.05) is 32.8 Å². The highest BCUT2D eigenvalue weighted by molar-refractivity contribution is 6.01. The van der Waals surface area contributed by atoms with Crippen LogP contribution < -0.4 is 5.32 Å². The van der Waals surface area contributed by atoms with Crippen LogP contribution in [0.2, 0.25) is 0 Å². The summed E-state index contributed by atoms with van der Waals surface area (Å²) in [5, 5.41) is 7.19. The van der Waals surface area contributed by atoms with Crippen LogP contribution in [0.25, 0.3) is 5.69 Å². The van der Waals surface area contributed by atoms with E-state index >= 15 is 0 Å². The Hall–Kier alpha value is -3.16. The van der Waals surface area contributed by atoms with E-state index in [2.05, 4.69) is 10.4 Å². The van der Waals surface area contributed by atoms with E-state index in [-0.39, 0.29) is 37.4 Å². The second-order valence-electron chi connectivity index (χ2n) is 6.52. The van der Waals surface area contributed by atoms with Gasteiger partial charge in [-0.25, -0.2) is 9.48 Å². The predicted molar refractivity (Wildman–Crippen MR) is 99.3 cm³/mol. The van der Waals surface area contributed by atoms with Gasteiger partial charge in [-0.05, 0) is 30.5 Å². The molecule has 1 aromatic carbocycles. The Kier molecular flexibility index (Phi) is 5.85. The predicted octanol–water partition coefficient (Wildman–Crippen LogP) is 1.21. The Morgan fingerprint density at radius 1 is 1.22 bits per heavy atom. The Morgan fingerprint density at radius 2 is 2.00 bits per heavy atom. The first-order valence-electron chi connectivity index (χ1n) is 8.96. The van der Waals surface area contributed by atoms with Crippen molar-refractivity contribution in [2.75, 3.05) is 26.7 Å². The van der Waals surface area contributed by atoms with Gasteiger partial charge in [0.1, 0.15) is 6.54 Å². The number of rotatable bonds is 8. The molecule has 1 N–H and O–H groups in total. The molecular weight excluding hydrogens is 346 g/mol. The van der Waals surface area contributed by atoms with Gasteiger partial charge in [0.15, 0.2) is 0 Å². The number of urea groups is 1. The number of imide groups is 1. The first-order valence-corrected chi connectivity index (χ1v) is 8.96. The summed E-state index contributed by atoms with van der Waals surface area (Å²) in [5.41, 5.74) is 2.03. The Bertz CT molecular complexity index is 818. The van der Waals surface area contributed by atoms with E-state index in [1.807, 2.05) is 36.5 Å². The van der Waals surface area contributed by atoms with Crippen molar-refractivity contribution in [3.63, 3.8) is 0 Å². The largest absolute Gasteiger partial charge is 0.356 e. The molecule has 2 aromatic rings. The zero-order valence-corrected chi connectivity index (χ0v) is 15.3. The van der Waals surface area contributed by atoms with Crippen molar-refractivity contribution in [2.24, 2.45) is 0 Å². The fourth-order valence-electron chi connectivity index (χ4n) is 2.93. The molecule has 2 heterocycles. The highest BCUT2D eigenvalue weighted by atomic mass is 16.2. The average Bonchev–Trinajstić information content (AvgIpc) is 3.22. The summed E-state index contributed by atoms with van der Waals surface area (Å²) < 4.78 is 1.80. The topological polar surface area (TPSA) is 87.5 Å². The molecule has 1 aromatic heterocycles. The van der Waals surface area contributed by atoms with E-state index in [1.165, 1.54) is 9.80 Å². The number of carbonyl (C=O) groups excluding carboxylic acids is 3. The minimum atomic E-state index is -0.296. The average molecular weight is 369 g/mol. The number of carbonyl (C=O) groups is 3. The summed E-state index contributed by atoms with van der Waals surface area (Å²) in [6, 6.07) is 9.53. The van der Waals surface area contributed by atoms with E-state index in [0.717, 1.165) is 11.3 Å². The SMILES string of the molecule is CN1CC(=O)N(CCCC(=O)NCCc2cnn(-c3ccccc3)c2)C1=O. The van der Waals surface area contributed by atoms with E-state index in [1.54, 1.807) is 17.9 Å². The van der Waals surface area contributed by atoms with Gasteiger partial charge in [0.25, 0.3) is 0 Å². The van der Waals surface area contributed by atoms with Gasteiger partial charge in [-0.3, -0.25) is 14.5 Å². The summed E-state index contributed by atoms with van der Waals surface area (Å²) in [4.78, 5) is 37.9. The lowest BCUT2D eigenvalue weighted by Gasteiger charge is -2.13. The Labute approximate surface area is 157 Å². The van der Waals surface area contributed by atoms with E-state index < -0.39 is 0 Å². The molecule has 1 aliphatic rings. The first kappa shape index (κ1) is 18.6. The quantitative estimate of drug-likeness (QED) is 0.709. The van der Waals surface area contributed by atoms with Gasteiger partial charge in [0.05, 0.1) is 11.9 Å². The normalized spacial score (nSPS) is 14.1. The highest BCUT2D eigenvalue weighted by Gasteiger charge is 2.32. The van der Waals surface area contributed by atoms with Gasteiger partial charge in [-0.1, -0.05) is 18.2 Å². The van der Waals surface area contributed by atoms with Crippen molar-refractivity contribution in [1.29, 1.82) is 0 Å². The minimum Gasteiger partial charge on any atom is -0.356 e. The molecule has 0 bridgehead atoms. The molecule has 1 aliphatic heterocycles. The van der Waals surface area contributed by atoms with Crippen LogP contribution in [0.5, 0.6) is 0 Å². The third-order valence-electron chi connectivity index (χ3n) is 4.41. The van der Waals surface area contributed by atoms with Crippen molar-refractivity contribution in [1.82, 2.24) is 24.9 Å². The maximum absolute atomic E-state index is 11.9. The fourth-order valence-corrected chi connectivity index (χ4v) is 2.93. The molecule has 0 radical (unpaired) electrons. The molecule has 0 atom stereocenters. The Balaban J connectivity index is 1.36. The number of benzene rings is 1. The molecule has 0 spiro atoms. The number of nitrogens with one attached hydrogen (secondary N) is 1. The summed E-state index contributed by atoms with van der Waals surface area (Å²) in [7, 11) is 1.59.